The molecule has 0 radical (unpaired) electrons. The first kappa shape index (κ1) is 24.1. The van der Waals surface area contributed by atoms with E-state index in [0.29, 0.717) is 30.2 Å². The second kappa shape index (κ2) is 9.46. The number of sulfonamides is 1. The van der Waals surface area contributed by atoms with Gasteiger partial charge in [0.15, 0.2) is 0 Å². The zero-order valence-electron chi connectivity index (χ0n) is 18.9. The van der Waals surface area contributed by atoms with Gasteiger partial charge in [-0.05, 0) is 55.3 Å². The summed E-state index contributed by atoms with van der Waals surface area (Å²) in [5.41, 5.74) is 1.66. The minimum atomic E-state index is -3.71. The standard InChI is InChI=1S/C24H23Cl2N3O5S/c1-33-16-2-5-22-19(12-16)18(6-9-27-22)23-14-29(24(30)34-23)15-7-10-28(11-8-15)35(31,32)17-3-4-20(25)21(26)13-17/h2-6,9,12-13,15,23H,7-8,10-11,14H2,1H3. The van der Waals surface area contributed by atoms with Crippen LogP contribution in [0.1, 0.15) is 24.5 Å². The topological polar surface area (TPSA) is 89.0 Å². The lowest BCUT2D eigenvalue weighted by atomic mass is 10.0. The van der Waals surface area contributed by atoms with Crippen molar-refractivity contribution < 1.29 is 22.7 Å². The average molecular weight is 536 g/mol. The van der Waals surface area contributed by atoms with E-state index in [0.717, 1.165) is 16.5 Å². The molecule has 0 bridgehead atoms. The molecule has 2 fully saturated rings. The first-order valence-electron chi connectivity index (χ1n) is 11.1. The van der Waals surface area contributed by atoms with Gasteiger partial charge in [0.25, 0.3) is 0 Å². The normalized spacial score (nSPS) is 19.8. The molecule has 2 saturated heterocycles. The van der Waals surface area contributed by atoms with Crippen molar-refractivity contribution in [1.82, 2.24) is 14.2 Å². The highest BCUT2D eigenvalue weighted by atomic mass is 35.5. The van der Waals surface area contributed by atoms with Crippen LogP contribution in [0.3, 0.4) is 0 Å². The number of rotatable bonds is 5. The van der Waals surface area contributed by atoms with Gasteiger partial charge in [-0.2, -0.15) is 4.31 Å². The summed E-state index contributed by atoms with van der Waals surface area (Å²) in [6.45, 7) is 0.966. The Morgan fingerprint density at radius 3 is 2.54 bits per heavy atom. The fraction of sp³-hybridized carbons (Fsp3) is 0.333. The zero-order valence-corrected chi connectivity index (χ0v) is 21.2. The SMILES string of the molecule is COc1ccc2nccc(C3CN(C4CCN(S(=O)(=O)c5ccc(Cl)c(Cl)c5)CC4)C(=O)O3)c2c1. The molecule has 2 aliphatic rings. The first-order chi connectivity index (χ1) is 16.8. The quantitative estimate of drug-likeness (QED) is 0.461. The number of carbonyl (C=O) groups excluding carboxylic acids is 1. The van der Waals surface area contributed by atoms with E-state index in [-0.39, 0.29) is 29.0 Å². The van der Waals surface area contributed by atoms with Crippen molar-refractivity contribution in [3.05, 3.63) is 64.3 Å². The molecule has 3 aromatic rings. The number of aromatic nitrogens is 1. The van der Waals surface area contributed by atoms with Crippen molar-refractivity contribution >= 4 is 50.2 Å². The van der Waals surface area contributed by atoms with Crippen LogP contribution in [0.15, 0.2) is 53.6 Å². The van der Waals surface area contributed by atoms with E-state index >= 15 is 0 Å². The van der Waals surface area contributed by atoms with E-state index in [1.807, 2.05) is 24.3 Å². The molecule has 3 heterocycles. The summed E-state index contributed by atoms with van der Waals surface area (Å²) in [5, 5.41) is 1.36. The van der Waals surface area contributed by atoms with Crippen LogP contribution in [0.25, 0.3) is 10.9 Å². The maximum Gasteiger partial charge on any atom is 0.410 e. The van der Waals surface area contributed by atoms with Gasteiger partial charge in [0.05, 0.1) is 34.1 Å². The van der Waals surface area contributed by atoms with Gasteiger partial charge in [0.1, 0.15) is 11.9 Å². The van der Waals surface area contributed by atoms with E-state index in [9.17, 15) is 13.2 Å². The van der Waals surface area contributed by atoms with E-state index in [1.54, 1.807) is 18.2 Å². The van der Waals surface area contributed by atoms with Crippen molar-refractivity contribution in [2.24, 2.45) is 0 Å². The van der Waals surface area contributed by atoms with Crippen molar-refractivity contribution in [2.45, 2.75) is 29.9 Å². The van der Waals surface area contributed by atoms with Gasteiger partial charge in [-0.1, -0.05) is 23.2 Å². The second-order valence-corrected chi connectivity index (χ2v) is 11.3. The Hall–Kier alpha value is -2.59. The number of halogens is 2. The van der Waals surface area contributed by atoms with E-state index in [4.69, 9.17) is 32.7 Å². The monoisotopic (exact) mass is 535 g/mol. The van der Waals surface area contributed by atoms with Crippen LogP contribution in [-0.2, 0) is 14.8 Å². The summed E-state index contributed by atoms with van der Waals surface area (Å²) in [7, 11) is -2.11. The lowest BCUT2D eigenvalue weighted by molar-refractivity contribution is 0.121. The van der Waals surface area contributed by atoms with Gasteiger partial charge >= 0.3 is 6.09 Å². The highest BCUT2D eigenvalue weighted by Gasteiger charge is 2.40. The lowest BCUT2D eigenvalue weighted by Crippen LogP contribution is -2.47. The minimum absolute atomic E-state index is 0.103. The van der Waals surface area contributed by atoms with Crippen molar-refractivity contribution in [3.63, 3.8) is 0 Å². The molecule has 0 aliphatic carbocycles. The Kier molecular flexibility index (Phi) is 6.52. The number of hydrogen-bond acceptors (Lipinski definition) is 6. The highest BCUT2D eigenvalue weighted by Crippen LogP contribution is 2.35. The molecule has 2 aliphatic heterocycles. The zero-order chi connectivity index (χ0) is 24.7. The van der Waals surface area contributed by atoms with Crippen LogP contribution >= 0.6 is 23.2 Å². The predicted octanol–water partition coefficient (Wildman–Crippen LogP) is 4.90. The number of piperidine rings is 1. The number of hydrogen-bond donors (Lipinski definition) is 0. The number of benzene rings is 2. The summed E-state index contributed by atoms with van der Waals surface area (Å²) in [6.07, 6.45) is 1.87. The summed E-state index contributed by atoms with van der Waals surface area (Å²) in [6, 6.07) is 11.6. The molecular formula is C24H23Cl2N3O5S. The number of nitrogens with zero attached hydrogens (tertiary/aromatic N) is 3. The molecule has 1 amide bonds. The molecule has 1 aromatic heterocycles. The third-order valence-electron chi connectivity index (χ3n) is 6.56. The molecule has 11 heteroatoms. The summed E-state index contributed by atoms with van der Waals surface area (Å²) in [4.78, 5) is 19.0. The highest BCUT2D eigenvalue weighted by molar-refractivity contribution is 7.89. The van der Waals surface area contributed by atoms with Gasteiger partial charge < -0.3 is 14.4 Å². The molecule has 0 N–H and O–H groups in total. The smallest absolute Gasteiger partial charge is 0.410 e. The van der Waals surface area contributed by atoms with Crippen LogP contribution in [0.4, 0.5) is 4.79 Å². The fourth-order valence-corrected chi connectivity index (χ4v) is 6.53. The molecule has 2 aromatic carbocycles. The molecule has 35 heavy (non-hydrogen) atoms. The number of methoxy groups -OCH3 is 1. The van der Waals surface area contributed by atoms with Crippen LogP contribution in [0.5, 0.6) is 5.75 Å². The van der Waals surface area contributed by atoms with Gasteiger partial charge in [0, 0.05) is 36.3 Å². The van der Waals surface area contributed by atoms with Crippen LogP contribution in [0, 0.1) is 0 Å². The fourth-order valence-electron chi connectivity index (χ4n) is 4.67. The largest absolute Gasteiger partial charge is 0.497 e. The van der Waals surface area contributed by atoms with Gasteiger partial charge in [0.2, 0.25) is 10.0 Å². The van der Waals surface area contributed by atoms with Gasteiger partial charge in [-0.25, -0.2) is 13.2 Å². The molecule has 1 unspecified atom stereocenters. The van der Waals surface area contributed by atoms with Gasteiger partial charge in [-0.3, -0.25) is 4.98 Å². The average Bonchev–Trinajstić information content (AvgIpc) is 3.26. The summed E-state index contributed by atoms with van der Waals surface area (Å²) >= 11 is 11.9. The number of amides is 1. The lowest BCUT2D eigenvalue weighted by Gasteiger charge is -2.35. The Morgan fingerprint density at radius 1 is 1.06 bits per heavy atom. The Labute approximate surface area is 213 Å². The number of carbonyl (C=O) groups is 1. The van der Waals surface area contributed by atoms with E-state index in [2.05, 4.69) is 4.98 Å². The number of ether oxygens (including phenoxy) is 2. The molecule has 184 valence electrons. The Bertz CT molecular complexity index is 1390. The van der Waals surface area contributed by atoms with E-state index in [1.165, 1.54) is 22.5 Å². The predicted molar refractivity (Wildman–Crippen MR) is 132 cm³/mol. The first-order valence-corrected chi connectivity index (χ1v) is 13.3. The number of pyridine rings is 1. The summed E-state index contributed by atoms with van der Waals surface area (Å²) in [5.74, 6) is 0.698. The Balaban J connectivity index is 1.29. The van der Waals surface area contributed by atoms with Crippen LogP contribution in [0.2, 0.25) is 10.0 Å². The number of fused-ring (bicyclic) bond motifs is 1. The van der Waals surface area contributed by atoms with E-state index < -0.39 is 22.2 Å². The van der Waals surface area contributed by atoms with Crippen molar-refractivity contribution in [1.29, 1.82) is 0 Å². The molecule has 0 spiro atoms. The molecule has 5 rings (SSSR count). The third kappa shape index (κ3) is 4.53. The van der Waals surface area contributed by atoms with Crippen molar-refractivity contribution in [2.75, 3.05) is 26.7 Å². The van der Waals surface area contributed by atoms with Crippen LogP contribution < -0.4 is 4.74 Å². The molecular weight excluding hydrogens is 513 g/mol. The Morgan fingerprint density at radius 2 is 1.83 bits per heavy atom. The second-order valence-electron chi connectivity index (χ2n) is 8.52. The molecule has 0 saturated carbocycles. The molecule has 8 nitrogen and oxygen atoms in total. The van der Waals surface area contributed by atoms with Crippen LogP contribution in [-0.4, -0.2) is 61.5 Å². The number of cyclic esters (lactones) is 1. The van der Waals surface area contributed by atoms with Gasteiger partial charge in [-0.15, -0.1) is 0 Å². The maximum absolute atomic E-state index is 13.1. The summed E-state index contributed by atoms with van der Waals surface area (Å²) < 4.78 is 38.6. The molecule has 1 atom stereocenters. The van der Waals surface area contributed by atoms with Crippen molar-refractivity contribution in [3.8, 4) is 5.75 Å². The third-order valence-corrected chi connectivity index (χ3v) is 9.20. The maximum atomic E-state index is 13.1. The minimum Gasteiger partial charge on any atom is -0.497 e.